The first-order chi connectivity index (χ1) is 13.1. The van der Waals surface area contributed by atoms with Crippen molar-refractivity contribution < 1.29 is 14.3 Å². The van der Waals surface area contributed by atoms with E-state index in [0.29, 0.717) is 35.4 Å². The fourth-order valence-corrected chi connectivity index (χ4v) is 9.08. The van der Waals surface area contributed by atoms with Gasteiger partial charge in [0.1, 0.15) is 12.6 Å². The predicted octanol–water partition coefficient (Wildman–Crippen LogP) is 5.37. The molecule has 0 aromatic carbocycles. The fraction of sp³-hybridized carbons (Fsp3) is 0.958. The van der Waals surface area contributed by atoms with E-state index in [0.717, 1.165) is 30.1 Å². The van der Waals surface area contributed by atoms with Gasteiger partial charge in [-0.3, -0.25) is 4.79 Å². The molecule has 3 heteroatoms. The molecule has 1 spiro atoms. The number of Topliss-reactive ketones (excluding diaryl/α,β-unsaturated/α-hetero) is 1. The Labute approximate surface area is 164 Å². The topological polar surface area (TPSA) is 35.5 Å². The third kappa shape index (κ3) is 2.70. The van der Waals surface area contributed by atoms with Crippen molar-refractivity contribution >= 4 is 5.78 Å². The number of fused-ring (bicyclic) bond motifs is 4. The van der Waals surface area contributed by atoms with Gasteiger partial charge in [0, 0.05) is 19.4 Å². The van der Waals surface area contributed by atoms with E-state index in [-0.39, 0.29) is 0 Å². The molecule has 0 aliphatic heterocycles. The van der Waals surface area contributed by atoms with E-state index in [9.17, 15) is 4.79 Å². The zero-order chi connectivity index (χ0) is 18.6. The number of hydrogen-bond donors (Lipinski definition) is 0. The Balaban J connectivity index is 1.36. The number of ketones is 1. The van der Waals surface area contributed by atoms with E-state index in [4.69, 9.17) is 9.47 Å². The highest BCUT2D eigenvalue weighted by molar-refractivity contribution is 5.83. The summed E-state index contributed by atoms with van der Waals surface area (Å²) in [7, 11) is 1.72. The molecule has 27 heavy (non-hydrogen) atoms. The normalized spacial score (nSPS) is 51.9. The molecule has 0 saturated heterocycles. The van der Waals surface area contributed by atoms with E-state index in [2.05, 4.69) is 6.92 Å². The van der Waals surface area contributed by atoms with Crippen molar-refractivity contribution in [3.63, 3.8) is 0 Å². The minimum atomic E-state index is 0.404. The average Bonchev–Trinajstić information content (AvgIpc) is 3.07. The lowest BCUT2D eigenvalue weighted by Crippen LogP contribution is -2.55. The second kappa shape index (κ2) is 6.83. The molecule has 0 radical (unpaired) electrons. The average molecular weight is 375 g/mol. The Bertz CT molecular complexity index is 588. The minimum Gasteiger partial charge on any atom is -0.359 e. The van der Waals surface area contributed by atoms with Gasteiger partial charge >= 0.3 is 0 Å². The molecule has 5 fully saturated rings. The molecule has 0 amide bonds. The minimum absolute atomic E-state index is 0.404. The number of carbonyl (C=O) groups is 1. The van der Waals surface area contributed by atoms with Crippen LogP contribution in [0.25, 0.3) is 0 Å². The molecule has 0 N–H and O–H groups in total. The number of methoxy groups -OCH3 is 1. The van der Waals surface area contributed by atoms with Crippen molar-refractivity contribution in [2.24, 2.45) is 40.4 Å². The highest BCUT2D eigenvalue weighted by Crippen LogP contribution is 2.69. The summed E-state index contributed by atoms with van der Waals surface area (Å²) < 4.78 is 11.1. The highest BCUT2D eigenvalue weighted by atomic mass is 16.7. The Morgan fingerprint density at radius 3 is 2.74 bits per heavy atom. The van der Waals surface area contributed by atoms with Gasteiger partial charge in [0.2, 0.25) is 0 Å². The van der Waals surface area contributed by atoms with E-state index in [1.54, 1.807) is 7.11 Å². The summed E-state index contributed by atoms with van der Waals surface area (Å²) in [5, 5.41) is 0. The zero-order valence-electron chi connectivity index (χ0n) is 17.4. The summed E-state index contributed by atoms with van der Waals surface area (Å²) in [5.41, 5.74) is 0.923. The van der Waals surface area contributed by atoms with Crippen molar-refractivity contribution in [3.8, 4) is 0 Å². The molecule has 5 aliphatic carbocycles. The maximum atomic E-state index is 12.7. The van der Waals surface area contributed by atoms with E-state index < -0.39 is 0 Å². The van der Waals surface area contributed by atoms with Gasteiger partial charge in [-0.1, -0.05) is 6.92 Å². The van der Waals surface area contributed by atoms with Gasteiger partial charge in [-0.2, -0.15) is 0 Å². The second-order valence-corrected chi connectivity index (χ2v) is 10.8. The number of hydrogen-bond acceptors (Lipinski definition) is 3. The van der Waals surface area contributed by atoms with Crippen LogP contribution in [0.4, 0.5) is 0 Å². The summed E-state index contributed by atoms with van der Waals surface area (Å²) in [4.78, 5) is 12.7. The molecule has 0 aromatic heterocycles. The van der Waals surface area contributed by atoms with Crippen molar-refractivity contribution in [2.75, 3.05) is 13.9 Å². The monoisotopic (exact) mass is 374 g/mol. The Hall–Kier alpha value is -0.410. The molecule has 8 atom stereocenters. The van der Waals surface area contributed by atoms with Gasteiger partial charge in [0.25, 0.3) is 0 Å². The van der Waals surface area contributed by atoms with Crippen LogP contribution in [0.15, 0.2) is 0 Å². The van der Waals surface area contributed by atoms with Gasteiger partial charge in [0.15, 0.2) is 0 Å². The number of ether oxygens (including phenoxy) is 2. The molecule has 5 aliphatic rings. The Kier molecular flexibility index (Phi) is 4.71. The molecule has 5 rings (SSSR count). The number of carbonyl (C=O) groups excluding carboxylic acids is 1. The van der Waals surface area contributed by atoms with Gasteiger partial charge in [-0.15, -0.1) is 0 Å². The molecule has 0 bridgehead atoms. The van der Waals surface area contributed by atoms with Gasteiger partial charge in [-0.05, 0) is 105 Å². The lowest BCUT2D eigenvalue weighted by atomic mass is 9.43. The quantitative estimate of drug-likeness (QED) is 0.623. The lowest BCUT2D eigenvalue weighted by molar-refractivity contribution is -0.161. The van der Waals surface area contributed by atoms with Crippen molar-refractivity contribution in [2.45, 2.75) is 90.1 Å². The molecule has 0 aromatic rings. The molecule has 5 saturated carbocycles. The third-order valence-corrected chi connectivity index (χ3v) is 10.2. The largest absolute Gasteiger partial charge is 0.359 e. The highest BCUT2D eigenvalue weighted by Gasteiger charge is 2.63. The van der Waals surface area contributed by atoms with Crippen LogP contribution >= 0.6 is 0 Å². The van der Waals surface area contributed by atoms with Gasteiger partial charge in [0.05, 0.1) is 6.10 Å². The SMILES string of the molecule is COCO[C@@H]1CC[C@@]2(C)[C@@H](CC[C@@H]3[C@@H]2CC[C@]24CCCC(=O)[C@H]2CC[C@@H]34)C1. The summed E-state index contributed by atoms with van der Waals surface area (Å²) in [6.45, 7) is 3.07. The van der Waals surface area contributed by atoms with Crippen LogP contribution in [0.2, 0.25) is 0 Å². The Morgan fingerprint density at radius 2 is 1.89 bits per heavy atom. The molecular formula is C24H38O3. The van der Waals surface area contributed by atoms with Crippen LogP contribution < -0.4 is 0 Å². The fourth-order valence-electron chi connectivity index (χ4n) is 9.08. The molecule has 0 heterocycles. The van der Waals surface area contributed by atoms with E-state index in [1.807, 2.05) is 0 Å². The third-order valence-electron chi connectivity index (χ3n) is 10.2. The Morgan fingerprint density at radius 1 is 1.00 bits per heavy atom. The first-order valence-electron chi connectivity index (χ1n) is 11.7. The lowest BCUT2D eigenvalue weighted by Gasteiger charge is -2.62. The van der Waals surface area contributed by atoms with Crippen molar-refractivity contribution in [1.82, 2.24) is 0 Å². The van der Waals surface area contributed by atoms with Crippen LogP contribution in [-0.4, -0.2) is 25.8 Å². The summed E-state index contributed by atoms with van der Waals surface area (Å²) >= 11 is 0. The van der Waals surface area contributed by atoms with Crippen molar-refractivity contribution in [3.05, 3.63) is 0 Å². The summed E-state index contributed by atoms with van der Waals surface area (Å²) in [5.74, 6) is 4.52. The second-order valence-electron chi connectivity index (χ2n) is 10.8. The first-order valence-corrected chi connectivity index (χ1v) is 11.7. The maximum Gasteiger partial charge on any atom is 0.146 e. The summed E-state index contributed by atoms with van der Waals surface area (Å²) in [6, 6.07) is 0. The maximum absolute atomic E-state index is 12.7. The first kappa shape index (κ1) is 18.6. The summed E-state index contributed by atoms with van der Waals surface area (Å²) in [6.07, 6.45) is 15.7. The van der Waals surface area contributed by atoms with Crippen molar-refractivity contribution in [1.29, 1.82) is 0 Å². The van der Waals surface area contributed by atoms with Gasteiger partial charge in [-0.25, -0.2) is 0 Å². The molecule has 3 nitrogen and oxygen atoms in total. The zero-order valence-corrected chi connectivity index (χ0v) is 17.4. The van der Waals surface area contributed by atoms with Crippen LogP contribution in [0.5, 0.6) is 0 Å². The van der Waals surface area contributed by atoms with Crippen LogP contribution in [0, 0.1) is 40.4 Å². The van der Waals surface area contributed by atoms with E-state index in [1.165, 1.54) is 70.6 Å². The van der Waals surface area contributed by atoms with Crippen LogP contribution in [0.1, 0.15) is 84.0 Å². The van der Waals surface area contributed by atoms with Crippen LogP contribution in [0.3, 0.4) is 0 Å². The number of rotatable bonds is 3. The predicted molar refractivity (Wildman–Crippen MR) is 105 cm³/mol. The smallest absolute Gasteiger partial charge is 0.146 e. The van der Waals surface area contributed by atoms with Crippen LogP contribution in [-0.2, 0) is 14.3 Å². The molecule has 0 unspecified atom stereocenters. The molecular weight excluding hydrogens is 336 g/mol. The standard InChI is InChI=1S/C24H38O3/c1-23-12-9-17(27-15-26-2)14-16(23)5-6-18-19(23)10-13-24-11-3-4-22(25)21(24)8-7-20(18)24/h16-21H,3-15H2,1-2H3/t16-,17+,18+,19-,20-,21+,23-,24-/m0/s1. The molecule has 152 valence electrons. The van der Waals surface area contributed by atoms with E-state index >= 15 is 0 Å². The van der Waals surface area contributed by atoms with Gasteiger partial charge < -0.3 is 9.47 Å².